The van der Waals surface area contributed by atoms with Crippen LogP contribution in [0.4, 0.5) is 14.5 Å². The number of rotatable bonds is 15. The Kier molecular flexibility index (Phi) is 16.7. The number of aromatic nitrogens is 1. The molecule has 3 aromatic rings. The van der Waals surface area contributed by atoms with E-state index in [2.05, 4.69) is 56.9 Å². The van der Waals surface area contributed by atoms with Crippen molar-refractivity contribution in [2.24, 2.45) is 0 Å². The third-order valence-electron chi connectivity index (χ3n) is 7.28. The van der Waals surface area contributed by atoms with E-state index in [4.69, 9.17) is 0 Å². The van der Waals surface area contributed by atoms with Crippen LogP contribution in [0.3, 0.4) is 0 Å². The second kappa shape index (κ2) is 18.5. The predicted molar refractivity (Wildman–Crippen MR) is 153 cm³/mol. The third-order valence-corrected chi connectivity index (χ3v) is 7.28. The number of aryl methyl sites for hydroxylation is 1. The number of quaternary nitrogens is 1. The number of fused-ring (bicyclic) bond motifs is 1. The summed E-state index contributed by atoms with van der Waals surface area (Å²) in [5.74, 6) is -1.06. The Labute approximate surface area is 255 Å². The Bertz CT molecular complexity index is 1130. The van der Waals surface area contributed by atoms with Gasteiger partial charge in [0.05, 0.1) is 31.6 Å². The Morgan fingerprint density at radius 1 is 0.821 bits per heavy atom. The number of hydrogen-bond donors (Lipinski definition) is 1. The number of nitrogens with one attached hydrogen (secondary N) is 1. The van der Waals surface area contributed by atoms with Gasteiger partial charge in [-0.1, -0.05) is 57.0 Å². The number of halogens is 4. The first-order valence-corrected chi connectivity index (χ1v) is 14.2. The fourth-order valence-corrected chi connectivity index (χ4v) is 4.86. The quantitative estimate of drug-likeness (QED) is 0.230. The van der Waals surface area contributed by atoms with Gasteiger partial charge in [0, 0.05) is 18.8 Å². The maximum absolute atomic E-state index is 14.9. The van der Waals surface area contributed by atoms with Gasteiger partial charge < -0.3 is 43.8 Å². The molecule has 0 atom stereocenters. The zero-order chi connectivity index (χ0) is 26.6. The second-order valence-corrected chi connectivity index (χ2v) is 9.95. The molecule has 0 saturated heterocycles. The van der Waals surface area contributed by atoms with Gasteiger partial charge in [-0.05, 0) is 61.2 Å². The molecule has 3 rings (SSSR count). The van der Waals surface area contributed by atoms with Crippen LogP contribution in [0.15, 0.2) is 48.8 Å². The van der Waals surface area contributed by atoms with E-state index >= 15 is 0 Å². The highest BCUT2D eigenvalue weighted by Crippen LogP contribution is 2.27. The van der Waals surface area contributed by atoms with E-state index in [0.29, 0.717) is 6.54 Å². The number of pyridine rings is 1. The lowest BCUT2D eigenvalue weighted by atomic mass is 10.0. The van der Waals surface area contributed by atoms with Crippen molar-refractivity contribution in [3.05, 3.63) is 71.6 Å². The molecule has 0 spiro atoms. The van der Waals surface area contributed by atoms with E-state index in [1.807, 2.05) is 18.2 Å². The molecule has 0 aliphatic carbocycles. The van der Waals surface area contributed by atoms with Gasteiger partial charge >= 0.3 is 0 Å². The van der Waals surface area contributed by atoms with Crippen LogP contribution in [0, 0.1) is 11.6 Å². The molecule has 0 fully saturated rings. The molecule has 39 heavy (non-hydrogen) atoms. The first-order valence-electron chi connectivity index (χ1n) is 14.2. The molecular formula is C32H45Br2F2N3. The van der Waals surface area contributed by atoms with Gasteiger partial charge in [0.15, 0.2) is 18.2 Å². The molecule has 0 aliphatic rings. The lowest BCUT2D eigenvalue weighted by molar-refractivity contribution is -0.899. The van der Waals surface area contributed by atoms with Gasteiger partial charge in [-0.25, -0.2) is 0 Å². The number of hydrogen-bond acceptors (Lipinski definition) is 1. The largest absolute Gasteiger partial charge is 1.00 e. The minimum atomic E-state index is -0.531. The molecule has 216 valence electrons. The summed E-state index contributed by atoms with van der Waals surface area (Å²) in [7, 11) is 0. The molecule has 2 aromatic carbocycles. The summed E-state index contributed by atoms with van der Waals surface area (Å²) in [4.78, 5) is 3.97. The van der Waals surface area contributed by atoms with Gasteiger partial charge in [0.1, 0.15) is 0 Å². The number of anilines is 1. The molecule has 1 heterocycles. The van der Waals surface area contributed by atoms with Crippen LogP contribution in [-0.4, -0.2) is 32.7 Å². The van der Waals surface area contributed by atoms with Crippen molar-refractivity contribution in [1.29, 1.82) is 0 Å². The molecule has 3 nitrogen and oxygen atoms in total. The smallest absolute Gasteiger partial charge is 0.205 e. The van der Waals surface area contributed by atoms with E-state index < -0.39 is 11.6 Å². The van der Waals surface area contributed by atoms with Crippen molar-refractivity contribution >= 4 is 28.6 Å². The van der Waals surface area contributed by atoms with Crippen LogP contribution >= 0.6 is 0 Å². The fourth-order valence-electron chi connectivity index (χ4n) is 4.86. The average Bonchev–Trinajstić information content (AvgIpc) is 2.90. The topological polar surface area (TPSA) is 11.6 Å². The van der Waals surface area contributed by atoms with Crippen molar-refractivity contribution in [2.45, 2.75) is 66.3 Å². The summed E-state index contributed by atoms with van der Waals surface area (Å²) < 4.78 is 31.4. The molecular weight excluding hydrogens is 624 g/mol. The van der Waals surface area contributed by atoms with Gasteiger partial charge in [0.25, 0.3) is 0 Å². The number of benzene rings is 2. The Balaban J connectivity index is 0.00000380. The molecule has 0 radical (unpaired) electrons. The van der Waals surface area contributed by atoms with Gasteiger partial charge in [0.2, 0.25) is 12.4 Å². The molecule has 0 amide bonds. The van der Waals surface area contributed by atoms with E-state index in [0.717, 1.165) is 55.5 Å². The van der Waals surface area contributed by atoms with Crippen molar-refractivity contribution in [1.82, 2.24) is 0 Å². The van der Waals surface area contributed by atoms with Crippen molar-refractivity contribution in [3.8, 4) is 0 Å². The summed E-state index contributed by atoms with van der Waals surface area (Å²) in [6.45, 7) is 14.7. The van der Waals surface area contributed by atoms with E-state index in [1.54, 1.807) is 10.6 Å². The van der Waals surface area contributed by atoms with Crippen LogP contribution in [0.5, 0.6) is 0 Å². The molecule has 0 unspecified atom stereocenters. The van der Waals surface area contributed by atoms with E-state index in [-0.39, 0.29) is 39.5 Å². The summed E-state index contributed by atoms with van der Waals surface area (Å²) in [6, 6.07) is 12.7. The van der Waals surface area contributed by atoms with Crippen molar-refractivity contribution < 1.29 is 52.2 Å². The zero-order valence-corrected chi connectivity index (χ0v) is 27.1. The summed E-state index contributed by atoms with van der Waals surface area (Å²) in [6.07, 6.45) is 11.8. The zero-order valence-electron chi connectivity index (χ0n) is 24.0. The third kappa shape index (κ3) is 10.3. The molecule has 0 bridgehead atoms. The highest BCUT2D eigenvalue weighted by atomic mass is 79.9. The van der Waals surface area contributed by atoms with Crippen LogP contribution in [0.25, 0.3) is 22.9 Å². The van der Waals surface area contributed by atoms with Crippen LogP contribution < -0.4 is 48.3 Å². The Morgan fingerprint density at radius 3 is 2.05 bits per heavy atom. The monoisotopic (exact) mass is 667 g/mol. The summed E-state index contributed by atoms with van der Waals surface area (Å²) >= 11 is 0. The van der Waals surface area contributed by atoms with E-state index in [9.17, 15) is 8.78 Å². The maximum Gasteiger partial charge on any atom is 0.205 e. The SMILES string of the molecule is CCCCN(CCCC)c1ccc2c(/C=C/c3c(F)c[n+](CCC[NH+](CC)CC)cc3F)cccc2c1.[Br-].[Br-]. The first kappa shape index (κ1) is 35.2. The maximum atomic E-state index is 14.9. The van der Waals surface area contributed by atoms with Crippen LogP contribution in [0.1, 0.15) is 70.9 Å². The van der Waals surface area contributed by atoms with Crippen molar-refractivity contribution in [3.63, 3.8) is 0 Å². The number of nitrogens with zero attached hydrogens (tertiary/aromatic N) is 2. The summed E-state index contributed by atoms with van der Waals surface area (Å²) in [5.41, 5.74) is 2.20. The lowest BCUT2D eigenvalue weighted by Gasteiger charge is -2.25. The minimum absolute atomic E-state index is 0. The molecule has 1 aromatic heterocycles. The molecule has 7 heteroatoms. The standard InChI is InChI=1S/C32H44F2N3.2BrH/c1-5-9-21-37(22-10-6-2)28-16-18-29-26(13-11-14-27(29)23-28)15-17-30-31(33)24-36(25-32(30)34)20-12-19-35(7-3)8-4;;/h11,13-18,23-25H,5-10,12,19-22H2,1-4H3;2*1H/q+1;;/p-1/b17-15+;;. The lowest BCUT2D eigenvalue weighted by Crippen LogP contribution is -3.11. The fraction of sp³-hybridized carbons (Fsp3) is 0.469. The average molecular weight is 670 g/mol. The van der Waals surface area contributed by atoms with Gasteiger partial charge in [-0.3, -0.25) is 0 Å². The summed E-state index contributed by atoms with van der Waals surface area (Å²) in [5, 5.41) is 2.22. The van der Waals surface area contributed by atoms with Gasteiger partial charge in [-0.15, -0.1) is 0 Å². The van der Waals surface area contributed by atoms with Crippen LogP contribution in [0.2, 0.25) is 0 Å². The molecule has 1 N–H and O–H groups in total. The highest BCUT2D eigenvalue weighted by molar-refractivity contribution is 5.94. The van der Waals surface area contributed by atoms with Crippen molar-refractivity contribution in [2.75, 3.05) is 37.6 Å². The van der Waals surface area contributed by atoms with E-state index in [1.165, 1.54) is 48.7 Å². The van der Waals surface area contributed by atoms with Crippen LogP contribution in [-0.2, 0) is 6.54 Å². The predicted octanol–water partition coefficient (Wildman–Crippen LogP) is 0.305. The van der Waals surface area contributed by atoms with Gasteiger partial charge in [-0.2, -0.15) is 13.3 Å². The first-order chi connectivity index (χ1) is 18.0. The molecule has 0 aliphatic heterocycles. The Hall–Kier alpha value is -1.83. The minimum Gasteiger partial charge on any atom is -1.00 e. The number of unbranched alkanes of at least 4 members (excludes halogenated alkanes) is 2. The normalized spacial score (nSPS) is 11.2. The molecule has 0 saturated carbocycles. The second-order valence-electron chi connectivity index (χ2n) is 9.95. The Morgan fingerprint density at radius 2 is 1.46 bits per heavy atom. The highest BCUT2D eigenvalue weighted by Gasteiger charge is 2.15.